The van der Waals surface area contributed by atoms with E-state index in [2.05, 4.69) is 0 Å². The van der Waals surface area contributed by atoms with Crippen LogP contribution in [0.2, 0.25) is 0 Å². The second kappa shape index (κ2) is 8.05. The molecular formula is C12H15NO3S2. The first-order chi connectivity index (χ1) is 8.59. The number of rotatable bonds is 6. The molecule has 1 heterocycles. The summed E-state index contributed by atoms with van der Waals surface area (Å²) in [6, 6.07) is 5.21. The molecule has 4 nitrogen and oxygen atoms in total. The van der Waals surface area contributed by atoms with Crippen LogP contribution in [-0.4, -0.2) is 21.6 Å². The number of aromatic nitrogens is 1. The van der Waals surface area contributed by atoms with Gasteiger partial charge in [0.25, 0.3) is 0 Å². The Morgan fingerprint density at radius 3 is 2.83 bits per heavy atom. The fourth-order valence-electron chi connectivity index (χ4n) is 1.23. The van der Waals surface area contributed by atoms with Crippen LogP contribution in [0.4, 0.5) is 0 Å². The number of hydrogen-bond acceptors (Lipinski definition) is 5. The third-order valence-electron chi connectivity index (χ3n) is 2.07. The van der Waals surface area contributed by atoms with Crippen molar-refractivity contribution < 1.29 is 14.4 Å². The summed E-state index contributed by atoms with van der Waals surface area (Å²) < 4.78 is 1.74. The zero-order valence-corrected chi connectivity index (χ0v) is 11.8. The molecule has 0 aliphatic heterocycles. The molecule has 0 radical (unpaired) electrons. The molecule has 1 rings (SSSR count). The Bertz CT molecular complexity index is 470. The van der Waals surface area contributed by atoms with Crippen LogP contribution in [0.3, 0.4) is 0 Å². The van der Waals surface area contributed by atoms with E-state index in [9.17, 15) is 9.59 Å². The molecule has 0 aliphatic carbocycles. The summed E-state index contributed by atoms with van der Waals surface area (Å²) in [5, 5.41) is 0.105. The minimum Gasteiger partial charge on any atom is -0.336 e. The van der Waals surface area contributed by atoms with Crippen molar-refractivity contribution in [3.05, 3.63) is 29.0 Å². The molecular weight excluding hydrogens is 270 g/mol. The van der Waals surface area contributed by atoms with E-state index in [1.54, 1.807) is 24.4 Å². The predicted molar refractivity (Wildman–Crippen MR) is 73.8 cm³/mol. The van der Waals surface area contributed by atoms with Gasteiger partial charge in [0.1, 0.15) is 4.64 Å². The van der Waals surface area contributed by atoms with Crippen molar-refractivity contribution in [3.8, 4) is 0 Å². The standard InChI is InChI=1S/C12H15NO3S2/c1-10(14)18-9-5-3-7-12(15)16-13-8-4-2-6-11(13)17/h2,4,6,8H,3,5,7,9H2,1H3. The second-order valence-electron chi connectivity index (χ2n) is 3.63. The van der Waals surface area contributed by atoms with E-state index >= 15 is 0 Å². The molecule has 0 N–H and O–H groups in total. The number of thioether (sulfide) groups is 1. The van der Waals surface area contributed by atoms with Crippen LogP contribution in [0.15, 0.2) is 24.4 Å². The Morgan fingerprint density at radius 1 is 1.39 bits per heavy atom. The molecule has 0 fully saturated rings. The Morgan fingerprint density at radius 2 is 2.17 bits per heavy atom. The fraction of sp³-hybridized carbons (Fsp3) is 0.417. The maximum absolute atomic E-state index is 11.5. The zero-order chi connectivity index (χ0) is 13.4. The number of nitrogens with zero attached hydrogens (tertiary/aromatic N) is 1. The molecule has 0 atom stereocenters. The maximum Gasteiger partial charge on any atom is 0.332 e. The molecule has 0 spiro atoms. The van der Waals surface area contributed by atoms with Crippen LogP contribution in [-0.2, 0) is 9.59 Å². The summed E-state index contributed by atoms with van der Waals surface area (Å²) in [5.74, 6) is 0.429. The van der Waals surface area contributed by atoms with Crippen molar-refractivity contribution in [3.63, 3.8) is 0 Å². The Hall–Kier alpha value is -1.14. The lowest BCUT2D eigenvalue weighted by Crippen LogP contribution is -2.19. The minimum absolute atomic E-state index is 0.105. The van der Waals surface area contributed by atoms with Gasteiger partial charge in [0.15, 0.2) is 5.12 Å². The van der Waals surface area contributed by atoms with Crippen LogP contribution in [0, 0.1) is 4.64 Å². The van der Waals surface area contributed by atoms with E-state index < -0.39 is 0 Å². The molecule has 1 aromatic rings. The van der Waals surface area contributed by atoms with Gasteiger partial charge in [0.2, 0.25) is 0 Å². The van der Waals surface area contributed by atoms with Crippen molar-refractivity contribution >= 4 is 35.1 Å². The maximum atomic E-state index is 11.5. The van der Waals surface area contributed by atoms with Gasteiger partial charge in [-0.25, -0.2) is 4.79 Å². The molecule has 1 aromatic heterocycles. The first kappa shape index (κ1) is 14.9. The summed E-state index contributed by atoms with van der Waals surface area (Å²) >= 11 is 6.27. The average molecular weight is 285 g/mol. The van der Waals surface area contributed by atoms with E-state index in [1.807, 2.05) is 0 Å². The van der Waals surface area contributed by atoms with Crippen LogP contribution in [0.5, 0.6) is 0 Å². The van der Waals surface area contributed by atoms with Crippen LogP contribution in [0.25, 0.3) is 0 Å². The van der Waals surface area contributed by atoms with E-state index in [4.69, 9.17) is 17.1 Å². The predicted octanol–water partition coefficient (Wildman–Crippen LogP) is 2.62. The molecule has 0 aliphatic rings. The summed E-state index contributed by atoms with van der Waals surface area (Å²) in [5.41, 5.74) is 0. The van der Waals surface area contributed by atoms with Gasteiger partial charge in [-0.1, -0.05) is 30.0 Å². The van der Waals surface area contributed by atoms with E-state index in [1.165, 1.54) is 23.4 Å². The Balaban J connectivity index is 2.24. The van der Waals surface area contributed by atoms with E-state index in [0.29, 0.717) is 17.5 Å². The quantitative estimate of drug-likeness (QED) is 0.594. The molecule has 6 heteroatoms. The molecule has 18 heavy (non-hydrogen) atoms. The highest BCUT2D eigenvalue weighted by molar-refractivity contribution is 8.13. The van der Waals surface area contributed by atoms with Gasteiger partial charge in [0.05, 0.1) is 0 Å². The lowest BCUT2D eigenvalue weighted by molar-refractivity contribution is -0.144. The normalized spacial score (nSPS) is 10.1. The molecule has 0 unspecified atom stereocenters. The first-order valence-electron chi connectivity index (χ1n) is 5.62. The van der Waals surface area contributed by atoms with Gasteiger partial charge < -0.3 is 4.84 Å². The van der Waals surface area contributed by atoms with Gasteiger partial charge in [-0.05, 0) is 25.0 Å². The topological polar surface area (TPSA) is 48.3 Å². The summed E-state index contributed by atoms with van der Waals surface area (Å²) in [6.45, 7) is 1.54. The number of carbonyl (C=O) groups is 2. The number of unbranched alkanes of at least 4 members (excludes halogenated alkanes) is 1. The highest BCUT2D eigenvalue weighted by Crippen LogP contribution is 2.07. The fourth-order valence-corrected chi connectivity index (χ4v) is 2.04. The van der Waals surface area contributed by atoms with Crippen molar-refractivity contribution in [1.29, 1.82) is 0 Å². The number of carbonyl (C=O) groups excluding carboxylic acids is 2. The van der Waals surface area contributed by atoms with Crippen LogP contribution < -0.4 is 4.84 Å². The van der Waals surface area contributed by atoms with Gasteiger partial charge >= 0.3 is 5.97 Å². The second-order valence-corrected chi connectivity index (χ2v) is 5.32. The lowest BCUT2D eigenvalue weighted by atomic mass is 10.2. The third kappa shape index (κ3) is 5.97. The van der Waals surface area contributed by atoms with Gasteiger partial charge in [-0.2, -0.15) is 4.73 Å². The van der Waals surface area contributed by atoms with E-state index in [-0.39, 0.29) is 11.1 Å². The summed E-state index contributed by atoms with van der Waals surface area (Å²) in [4.78, 5) is 27.2. The Kier molecular flexibility index (Phi) is 6.67. The summed E-state index contributed by atoms with van der Waals surface area (Å²) in [7, 11) is 0. The monoisotopic (exact) mass is 285 g/mol. The van der Waals surface area contributed by atoms with Crippen molar-refractivity contribution in [2.75, 3.05) is 5.75 Å². The van der Waals surface area contributed by atoms with Crippen molar-refractivity contribution in [2.45, 2.75) is 26.2 Å². The molecule has 0 bridgehead atoms. The van der Waals surface area contributed by atoms with Crippen LogP contribution in [0.1, 0.15) is 26.2 Å². The summed E-state index contributed by atoms with van der Waals surface area (Å²) in [6.07, 6.45) is 3.46. The number of hydrogen-bond donors (Lipinski definition) is 0. The average Bonchev–Trinajstić information content (AvgIpc) is 2.31. The Labute approximate surface area is 115 Å². The van der Waals surface area contributed by atoms with Gasteiger partial charge in [0, 0.05) is 25.3 Å². The largest absolute Gasteiger partial charge is 0.336 e. The minimum atomic E-state index is -0.315. The smallest absolute Gasteiger partial charge is 0.332 e. The van der Waals surface area contributed by atoms with Crippen LogP contribution >= 0.6 is 24.0 Å². The highest BCUT2D eigenvalue weighted by Gasteiger charge is 2.04. The first-order valence-corrected chi connectivity index (χ1v) is 7.01. The lowest BCUT2D eigenvalue weighted by Gasteiger charge is -2.06. The van der Waals surface area contributed by atoms with Crippen molar-refractivity contribution in [1.82, 2.24) is 4.73 Å². The molecule has 0 amide bonds. The SMILES string of the molecule is CC(=O)SCCCCC(=O)On1ccccc1=S. The van der Waals surface area contributed by atoms with Crippen molar-refractivity contribution in [2.24, 2.45) is 0 Å². The molecule has 98 valence electrons. The molecule has 0 saturated heterocycles. The molecule has 0 saturated carbocycles. The molecule has 0 aromatic carbocycles. The third-order valence-corrected chi connectivity index (χ3v) is 3.28. The van der Waals surface area contributed by atoms with Gasteiger partial charge in [-0.15, -0.1) is 0 Å². The number of pyridine rings is 1. The highest BCUT2D eigenvalue weighted by atomic mass is 32.2. The zero-order valence-electron chi connectivity index (χ0n) is 10.1. The van der Waals surface area contributed by atoms with Gasteiger partial charge in [-0.3, -0.25) is 4.79 Å². The van der Waals surface area contributed by atoms with E-state index in [0.717, 1.165) is 12.2 Å².